The Hall–Kier alpha value is -2.64. The minimum Gasteiger partial charge on any atom is -0.301 e. The number of thioether (sulfide) groups is 1. The average molecular weight is 366 g/mol. The molecule has 0 fully saturated rings. The molecule has 0 aliphatic rings. The lowest BCUT2D eigenvalue weighted by molar-refractivity contribution is 0.0978. The van der Waals surface area contributed by atoms with Crippen LogP contribution in [-0.2, 0) is 0 Å². The molecule has 0 unspecified atom stereocenters. The number of nitrogens with one attached hydrogen (secondary N) is 2. The molecule has 2 N–H and O–H groups in total. The molecule has 0 atom stereocenters. The Morgan fingerprint density at radius 3 is 2.20 bits per heavy atom. The van der Waals surface area contributed by atoms with Gasteiger partial charge in [0, 0.05) is 27.7 Å². The van der Waals surface area contributed by atoms with Crippen LogP contribution in [0.2, 0.25) is 0 Å². The molecule has 7 heteroatoms. The number of aromatic nitrogens is 2. The first-order chi connectivity index (χ1) is 12.2. The van der Waals surface area contributed by atoms with Crippen molar-refractivity contribution >= 4 is 34.6 Å². The molecule has 25 heavy (non-hydrogen) atoms. The summed E-state index contributed by atoms with van der Waals surface area (Å²) in [5.74, 6) is -0.286. The Kier molecular flexibility index (Phi) is 5.81. The van der Waals surface area contributed by atoms with E-state index in [0.29, 0.717) is 10.7 Å². The number of carbonyl (C=O) groups excluding carboxylic acids is 1. The van der Waals surface area contributed by atoms with Crippen LogP contribution >= 0.6 is 23.5 Å². The van der Waals surface area contributed by atoms with Gasteiger partial charge >= 0.3 is 0 Å². The van der Waals surface area contributed by atoms with Gasteiger partial charge in [0.2, 0.25) is 0 Å². The maximum absolute atomic E-state index is 12.0. The topological polar surface area (TPSA) is 78.7 Å². The van der Waals surface area contributed by atoms with Crippen LogP contribution in [0, 0.1) is 5.41 Å². The van der Waals surface area contributed by atoms with Crippen LogP contribution in [0.15, 0.2) is 88.0 Å². The number of carbonyl (C=O) groups is 1. The Balaban J connectivity index is 1.56. The number of hydrogen-bond donors (Lipinski definition) is 2. The van der Waals surface area contributed by atoms with E-state index in [9.17, 15) is 4.79 Å². The highest BCUT2D eigenvalue weighted by Crippen LogP contribution is 2.27. The second-order valence-corrected chi connectivity index (χ2v) is 6.98. The van der Waals surface area contributed by atoms with Crippen molar-refractivity contribution in [1.29, 1.82) is 5.41 Å². The van der Waals surface area contributed by atoms with Gasteiger partial charge in [-0.25, -0.2) is 9.97 Å². The summed E-state index contributed by atoms with van der Waals surface area (Å²) in [5.41, 5.74) is 0.530. The molecular formula is C18H14N4OS2. The number of hydrogen-bond acceptors (Lipinski definition) is 6. The molecule has 0 saturated carbocycles. The van der Waals surface area contributed by atoms with Gasteiger partial charge in [-0.05, 0) is 54.2 Å². The summed E-state index contributed by atoms with van der Waals surface area (Å²) < 4.78 is 0. The van der Waals surface area contributed by atoms with Gasteiger partial charge in [-0.2, -0.15) is 0 Å². The number of nitrogens with zero attached hydrogens (tertiary/aromatic N) is 2. The molecule has 0 radical (unpaired) electrons. The molecule has 0 aliphatic carbocycles. The Labute approximate surface area is 153 Å². The maximum atomic E-state index is 12.0. The van der Waals surface area contributed by atoms with Crippen LogP contribution in [0.1, 0.15) is 10.4 Å². The molecule has 0 spiro atoms. The number of amides is 1. The Morgan fingerprint density at radius 1 is 0.880 bits per heavy atom. The zero-order valence-corrected chi connectivity index (χ0v) is 14.7. The monoisotopic (exact) mass is 366 g/mol. The third-order valence-electron chi connectivity index (χ3n) is 3.06. The summed E-state index contributed by atoms with van der Waals surface area (Å²) in [7, 11) is 0. The van der Waals surface area contributed by atoms with E-state index in [0.717, 1.165) is 9.79 Å². The van der Waals surface area contributed by atoms with Crippen LogP contribution < -0.4 is 5.32 Å². The standard InChI is InChI=1S/C18H14N4OS2/c19-17(22-16(23)13-5-2-1-3-6-13)24-14-7-9-15(10-8-14)25-18-20-11-4-12-21-18/h1-12H,(H2,19,22,23). The quantitative estimate of drug-likeness (QED) is 0.315. The molecular weight excluding hydrogens is 352 g/mol. The van der Waals surface area contributed by atoms with E-state index >= 15 is 0 Å². The van der Waals surface area contributed by atoms with Gasteiger partial charge < -0.3 is 5.32 Å². The summed E-state index contributed by atoms with van der Waals surface area (Å²) >= 11 is 2.66. The normalized spacial score (nSPS) is 10.2. The van der Waals surface area contributed by atoms with Crippen molar-refractivity contribution in [2.24, 2.45) is 0 Å². The van der Waals surface area contributed by atoms with Crippen molar-refractivity contribution in [2.45, 2.75) is 14.9 Å². The molecule has 1 amide bonds. The predicted molar refractivity (Wildman–Crippen MR) is 100 cm³/mol. The summed E-state index contributed by atoms with van der Waals surface area (Å²) in [5, 5.41) is 11.3. The maximum Gasteiger partial charge on any atom is 0.257 e. The number of amidine groups is 1. The largest absolute Gasteiger partial charge is 0.301 e. The third-order valence-corrected chi connectivity index (χ3v) is 4.77. The van der Waals surface area contributed by atoms with Gasteiger partial charge in [0.25, 0.3) is 5.91 Å². The van der Waals surface area contributed by atoms with Crippen molar-refractivity contribution in [2.75, 3.05) is 0 Å². The lowest BCUT2D eigenvalue weighted by Crippen LogP contribution is -2.27. The van der Waals surface area contributed by atoms with Crippen LogP contribution in [0.3, 0.4) is 0 Å². The Morgan fingerprint density at radius 2 is 1.52 bits per heavy atom. The van der Waals surface area contributed by atoms with E-state index in [2.05, 4.69) is 15.3 Å². The van der Waals surface area contributed by atoms with Gasteiger partial charge in [0.1, 0.15) is 0 Å². The van der Waals surface area contributed by atoms with Crippen LogP contribution in [0.25, 0.3) is 0 Å². The predicted octanol–water partition coefficient (Wildman–Crippen LogP) is 4.08. The van der Waals surface area contributed by atoms with Crippen molar-refractivity contribution in [1.82, 2.24) is 15.3 Å². The van der Waals surface area contributed by atoms with Gasteiger partial charge in [0.05, 0.1) is 0 Å². The van der Waals surface area contributed by atoms with Gasteiger partial charge in [-0.3, -0.25) is 10.2 Å². The molecule has 124 valence electrons. The van der Waals surface area contributed by atoms with Gasteiger partial charge in [-0.1, -0.05) is 30.0 Å². The van der Waals surface area contributed by atoms with Crippen molar-refractivity contribution in [3.63, 3.8) is 0 Å². The molecule has 0 aliphatic heterocycles. The molecule has 1 aromatic heterocycles. The highest BCUT2D eigenvalue weighted by molar-refractivity contribution is 8.13. The van der Waals surface area contributed by atoms with Crippen molar-refractivity contribution in [3.05, 3.63) is 78.6 Å². The van der Waals surface area contributed by atoms with E-state index < -0.39 is 0 Å². The second-order valence-electron chi connectivity index (χ2n) is 4.86. The van der Waals surface area contributed by atoms with E-state index in [1.54, 1.807) is 42.7 Å². The molecule has 1 heterocycles. The molecule has 5 nitrogen and oxygen atoms in total. The van der Waals surface area contributed by atoms with Crippen molar-refractivity contribution < 1.29 is 4.79 Å². The smallest absolute Gasteiger partial charge is 0.257 e. The SMILES string of the molecule is N=C(NC(=O)c1ccccc1)Sc1ccc(Sc2ncccn2)cc1. The summed E-state index contributed by atoms with van der Waals surface area (Å²) in [6.45, 7) is 0. The van der Waals surface area contributed by atoms with Crippen LogP contribution in [-0.4, -0.2) is 21.0 Å². The van der Waals surface area contributed by atoms with E-state index in [1.165, 1.54) is 23.5 Å². The first-order valence-electron chi connectivity index (χ1n) is 7.38. The molecule has 2 aromatic carbocycles. The molecule has 3 aromatic rings. The number of rotatable bonds is 4. The molecule has 0 bridgehead atoms. The minimum atomic E-state index is -0.286. The zero-order valence-electron chi connectivity index (χ0n) is 13.0. The number of benzene rings is 2. The third kappa shape index (κ3) is 5.17. The summed E-state index contributed by atoms with van der Waals surface area (Å²) in [4.78, 5) is 22.2. The van der Waals surface area contributed by atoms with Gasteiger partial charge in [-0.15, -0.1) is 0 Å². The van der Waals surface area contributed by atoms with Crippen molar-refractivity contribution in [3.8, 4) is 0 Å². The fourth-order valence-corrected chi connectivity index (χ4v) is 3.29. The van der Waals surface area contributed by atoms with E-state index in [1.807, 2.05) is 30.3 Å². The molecule has 0 saturated heterocycles. The van der Waals surface area contributed by atoms with Gasteiger partial charge in [0.15, 0.2) is 10.3 Å². The summed E-state index contributed by atoms with van der Waals surface area (Å²) in [6.07, 6.45) is 3.41. The first-order valence-corrected chi connectivity index (χ1v) is 9.02. The first kappa shape index (κ1) is 17.2. The average Bonchev–Trinajstić information content (AvgIpc) is 2.65. The second kappa shape index (κ2) is 8.46. The lowest BCUT2D eigenvalue weighted by Gasteiger charge is -2.07. The zero-order chi connectivity index (χ0) is 17.5. The van der Waals surface area contributed by atoms with E-state index in [4.69, 9.17) is 5.41 Å². The molecule has 3 rings (SSSR count). The lowest BCUT2D eigenvalue weighted by atomic mass is 10.2. The fourth-order valence-electron chi connectivity index (χ4n) is 1.93. The fraction of sp³-hybridized carbons (Fsp3) is 0. The van der Waals surface area contributed by atoms with Crippen LogP contribution in [0.5, 0.6) is 0 Å². The minimum absolute atomic E-state index is 0.0839. The summed E-state index contributed by atoms with van der Waals surface area (Å²) in [6, 6.07) is 18.3. The highest BCUT2D eigenvalue weighted by atomic mass is 32.2. The van der Waals surface area contributed by atoms with Crippen LogP contribution in [0.4, 0.5) is 0 Å². The Bertz CT molecular complexity index is 855. The van der Waals surface area contributed by atoms with E-state index in [-0.39, 0.29) is 11.1 Å². The highest BCUT2D eigenvalue weighted by Gasteiger charge is 2.08.